The lowest BCUT2D eigenvalue weighted by Crippen LogP contribution is -2.59. The number of hydrogen-bond donors (Lipinski definition) is 3. The minimum atomic E-state index is -1.22. The lowest BCUT2D eigenvalue weighted by atomic mass is 9.85. The van der Waals surface area contributed by atoms with E-state index in [1.54, 1.807) is 23.1 Å². The minimum absolute atomic E-state index is 0.0415. The highest BCUT2D eigenvalue weighted by Gasteiger charge is 2.62. The number of rotatable bonds is 15. The summed E-state index contributed by atoms with van der Waals surface area (Å²) in [6.45, 7) is 20.1. The van der Waals surface area contributed by atoms with Crippen LogP contribution >= 0.6 is 22.9 Å². The van der Waals surface area contributed by atoms with Crippen LogP contribution in [0.25, 0.3) is 22.3 Å². The van der Waals surface area contributed by atoms with E-state index in [0.717, 1.165) is 19.3 Å². The predicted octanol–water partition coefficient (Wildman–Crippen LogP) is 7.98. The molecular formula is C51H70ClN7O11S. The number of aromatic nitrogens is 2. The molecule has 20 heteroatoms. The number of hydrogen-bond acceptors (Lipinski definition) is 15. The van der Waals surface area contributed by atoms with Crippen molar-refractivity contribution in [3.05, 3.63) is 28.6 Å². The second-order valence-corrected chi connectivity index (χ2v) is 23.8. The number of alkyl carbamates (subject to hydrolysis) is 1. The van der Waals surface area contributed by atoms with Crippen LogP contribution in [-0.2, 0) is 33.3 Å². The Labute approximate surface area is 424 Å². The molecule has 2 aliphatic heterocycles. The molecule has 18 nitrogen and oxygen atoms in total. The Morgan fingerprint density at radius 1 is 0.986 bits per heavy atom. The molecule has 3 aliphatic carbocycles. The standard InChI is InChI=1S/C51H70ClN7O11S/c1-12-28-21-51(28,44(62)65-11)57-42(60)36-18-32(23-59(36)43(61)41(48(4,5)6)56-46(63)69-31-17-29-20-50(29,10)22-31)68-38-19-34(35-26-71-45(55-35)53-27(2)3)54-40-33(38)13-14-37(39(40)52)67-25-30-24-66-16-15-58(30)47(64)70-49(7,8)9/h13-14,19,26-32,36,41H,12,15-18,20-25H2,1-11H3,(H,53,55)(H,56,63)(H,57,60)/t28-,29+,30-,31+,32?,36+,41-,50+,51-/m1/s1. The SMILES string of the molecule is CC[C@@H]1C[C@]1(NC(=O)[C@@H]1CC(Oc2cc(-c3csc(NC(C)C)n3)nc3c(Cl)c(OC[C@H]4COCCN4C(=O)OC(C)(C)C)ccc23)CN1C(=O)[C@@H](NC(=O)O[C@H]1C[C@H]2C[C@@]2(C)C1)C(C)(C)C)C(=O)OC. The summed E-state index contributed by atoms with van der Waals surface area (Å²) in [6, 6.07) is 2.72. The van der Waals surface area contributed by atoms with Crippen molar-refractivity contribution in [1.29, 1.82) is 0 Å². The largest absolute Gasteiger partial charge is 0.490 e. The van der Waals surface area contributed by atoms with E-state index in [0.29, 0.717) is 70.8 Å². The van der Waals surface area contributed by atoms with Gasteiger partial charge in [0, 0.05) is 35.8 Å². The van der Waals surface area contributed by atoms with Gasteiger partial charge in [0.05, 0.1) is 44.1 Å². The van der Waals surface area contributed by atoms with Gasteiger partial charge in [0.15, 0.2) is 5.13 Å². The number of morpholine rings is 1. The average Bonchev–Trinajstić information content (AvgIpc) is 3.88. The van der Waals surface area contributed by atoms with Crippen molar-refractivity contribution in [2.45, 2.75) is 155 Å². The molecule has 5 fully saturated rings. The van der Waals surface area contributed by atoms with E-state index < -0.39 is 70.8 Å². The van der Waals surface area contributed by atoms with Gasteiger partial charge in [-0.15, -0.1) is 11.3 Å². The third kappa shape index (κ3) is 11.4. The molecule has 0 spiro atoms. The van der Waals surface area contributed by atoms with E-state index in [4.69, 9.17) is 50.0 Å². The summed E-state index contributed by atoms with van der Waals surface area (Å²) < 4.78 is 35.7. The fraction of sp³-hybridized carbons (Fsp3) is 0.667. The predicted molar refractivity (Wildman–Crippen MR) is 268 cm³/mol. The quantitative estimate of drug-likeness (QED) is 0.0975. The number of methoxy groups -OCH3 is 1. The van der Waals surface area contributed by atoms with Crippen LogP contribution in [0, 0.1) is 22.7 Å². The number of carbonyl (C=O) groups excluding carboxylic acids is 5. The van der Waals surface area contributed by atoms with E-state index in [-0.39, 0.29) is 54.7 Å². The molecule has 8 rings (SSSR count). The molecule has 5 aliphatic rings. The number of pyridine rings is 1. The first kappa shape index (κ1) is 52.2. The molecule has 388 valence electrons. The van der Waals surface area contributed by atoms with Crippen molar-refractivity contribution >= 4 is 68.9 Å². The van der Waals surface area contributed by atoms with Gasteiger partial charge in [-0.25, -0.2) is 24.4 Å². The van der Waals surface area contributed by atoms with Crippen molar-refractivity contribution in [2.24, 2.45) is 22.7 Å². The molecule has 2 saturated heterocycles. The van der Waals surface area contributed by atoms with Gasteiger partial charge >= 0.3 is 18.2 Å². The number of likely N-dealkylation sites (tertiary alicyclic amines) is 1. The van der Waals surface area contributed by atoms with E-state index in [1.807, 2.05) is 67.7 Å². The zero-order valence-corrected chi connectivity index (χ0v) is 44.3. The van der Waals surface area contributed by atoms with Crippen LogP contribution in [0.5, 0.6) is 11.5 Å². The summed E-state index contributed by atoms with van der Waals surface area (Å²) >= 11 is 8.64. The molecule has 1 unspecified atom stereocenters. The molecule has 4 heterocycles. The normalized spacial score (nSPS) is 27.4. The van der Waals surface area contributed by atoms with Crippen LogP contribution in [0.15, 0.2) is 23.6 Å². The minimum Gasteiger partial charge on any atom is -0.490 e. The van der Waals surface area contributed by atoms with Crippen LogP contribution in [0.2, 0.25) is 5.02 Å². The summed E-state index contributed by atoms with van der Waals surface area (Å²) in [6.07, 6.45) is 1.62. The number of nitrogens with zero attached hydrogens (tertiary/aromatic N) is 4. The Bertz CT molecular complexity index is 2530. The molecule has 0 bridgehead atoms. The number of thiazole rings is 1. The summed E-state index contributed by atoms with van der Waals surface area (Å²) in [4.78, 5) is 82.5. The van der Waals surface area contributed by atoms with Gasteiger partial charge in [-0.05, 0) is 95.1 Å². The lowest BCUT2D eigenvalue weighted by Gasteiger charge is -2.36. The van der Waals surface area contributed by atoms with Crippen LogP contribution < -0.4 is 25.4 Å². The number of amides is 4. The Morgan fingerprint density at radius 2 is 1.75 bits per heavy atom. The van der Waals surface area contributed by atoms with Crippen molar-refractivity contribution in [1.82, 2.24) is 30.4 Å². The summed E-state index contributed by atoms with van der Waals surface area (Å²) in [5.74, 6) is -0.516. The van der Waals surface area contributed by atoms with Gasteiger partial charge in [0.1, 0.15) is 64.3 Å². The molecule has 3 saturated carbocycles. The molecule has 3 N–H and O–H groups in total. The topological polar surface area (TPSA) is 209 Å². The number of halogens is 1. The fourth-order valence-corrected chi connectivity index (χ4v) is 11.5. The molecule has 0 radical (unpaired) electrons. The summed E-state index contributed by atoms with van der Waals surface area (Å²) in [5.41, 5.74) is -1.18. The molecule has 2 aromatic heterocycles. The van der Waals surface area contributed by atoms with Crippen molar-refractivity contribution in [3.8, 4) is 22.9 Å². The molecule has 1 aromatic carbocycles. The van der Waals surface area contributed by atoms with Crippen molar-refractivity contribution < 1.29 is 52.4 Å². The first-order chi connectivity index (χ1) is 33.4. The second kappa shape index (κ2) is 20.0. The van der Waals surface area contributed by atoms with Gasteiger partial charge in [-0.3, -0.25) is 14.5 Å². The van der Waals surface area contributed by atoms with Gasteiger partial charge < -0.3 is 49.3 Å². The number of esters is 1. The van der Waals surface area contributed by atoms with Gasteiger partial charge in [0.2, 0.25) is 11.8 Å². The summed E-state index contributed by atoms with van der Waals surface area (Å²) in [7, 11) is 1.29. The zero-order valence-electron chi connectivity index (χ0n) is 42.8. The van der Waals surface area contributed by atoms with E-state index in [9.17, 15) is 19.2 Å². The second-order valence-electron chi connectivity index (χ2n) is 22.5. The summed E-state index contributed by atoms with van der Waals surface area (Å²) in [5, 5.41) is 12.5. The maximum Gasteiger partial charge on any atom is 0.410 e. The van der Waals surface area contributed by atoms with Gasteiger partial charge in [-0.2, -0.15) is 0 Å². The highest BCUT2D eigenvalue weighted by atomic mass is 35.5. The maximum atomic E-state index is 15.0. The van der Waals surface area contributed by atoms with Crippen LogP contribution in [0.3, 0.4) is 0 Å². The first-order valence-corrected chi connectivity index (χ1v) is 26.1. The van der Waals surface area contributed by atoms with E-state index >= 15 is 4.79 Å². The van der Waals surface area contributed by atoms with Crippen LogP contribution in [-0.4, -0.2) is 137 Å². The fourth-order valence-electron chi connectivity index (χ4n) is 10.4. The average molecular weight is 1020 g/mol. The molecule has 4 amide bonds. The number of fused-ring (bicyclic) bond motifs is 2. The molecular weight excluding hydrogens is 954 g/mol. The van der Waals surface area contributed by atoms with E-state index in [2.05, 4.69) is 22.9 Å². The Morgan fingerprint density at radius 3 is 2.39 bits per heavy atom. The number of benzene rings is 1. The molecule has 71 heavy (non-hydrogen) atoms. The maximum absolute atomic E-state index is 15.0. The molecule has 9 atom stereocenters. The highest BCUT2D eigenvalue weighted by Crippen LogP contribution is 2.63. The monoisotopic (exact) mass is 1020 g/mol. The third-order valence-corrected chi connectivity index (χ3v) is 15.5. The Hall–Kier alpha value is -5.14. The third-order valence-electron chi connectivity index (χ3n) is 14.4. The molecule has 3 aromatic rings. The van der Waals surface area contributed by atoms with Crippen molar-refractivity contribution in [2.75, 3.05) is 45.3 Å². The Kier molecular flexibility index (Phi) is 14.7. The van der Waals surface area contributed by atoms with E-state index in [1.165, 1.54) is 23.3 Å². The number of carbonyl (C=O) groups is 5. The number of ether oxygens (including phenoxy) is 6. The van der Waals surface area contributed by atoms with Crippen LogP contribution in [0.1, 0.15) is 108 Å². The number of anilines is 1. The van der Waals surface area contributed by atoms with Gasteiger partial charge in [-0.1, -0.05) is 52.6 Å². The van der Waals surface area contributed by atoms with Crippen molar-refractivity contribution in [3.63, 3.8) is 0 Å². The Balaban J connectivity index is 1.10. The highest BCUT2D eigenvalue weighted by molar-refractivity contribution is 7.14. The first-order valence-electron chi connectivity index (χ1n) is 24.8. The lowest BCUT2D eigenvalue weighted by molar-refractivity contribution is -0.148. The van der Waals surface area contributed by atoms with Crippen LogP contribution in [0.4, 0.5) is 14.7 Å². The number of nitrogens with one attached hydrogen (secondary N) is 3. The smallest absolute Gasteiger partial charge is 0.410 e. The zero-order chi connectivity index (χ0) is 51.4. The van der Waals surface area contributed by atoms with Gasteiger partial charge in [0.25, 0.3) is 0 Å².